The van der Waals surface area contributed by atoms with E-state index in [2.05, 4.69) is 10.2 Å². The van der Waals surface area contributed by atoms with Gasteiger partial charge in [0.1, 0.15) is 5.75 Å². The molecule has 0 saturated carbocycles. The second kappa shape index (κ2) is 6.75. The minimum atomic E-state index is -0.855. The Balaban J connectivity index is 1.77. The molecule has 110 valence electrons. The number of ether oxygens (including phenoxy) is 1. The second-order valence-electron chi connectivity index (χ2n) is 5.73. The molecule has 0 unspecified atom stereocenters. The van der Waals surface area contributed by atoms with Crippen molar-refractivity contribution in [2.24, 2.45) is 0 Å². The van der Waals surface area contributed by atoms with Gasteiger partial charge in [0.05, 0.1) is 0 Å². The normalized spacial score (nSPS) is 16.1. The molecule has 0 radical (unpaired) electrons. The monoisotopic (exact) mass is 276 g/mol. The van der Waals surface area contributed by atoms with Gasteiger partial charge in [-0.1, -0.05) is 18.2 Å². The highest BCUT2D eigenvalue weighted by Gasteiger charge is 2.29. The standard InChI is InChI=1S/C16H24N2O2/c1-16(2,20-14-8-4-3-5-9-14)15(19)17-10-13-18-11-6-7-12-18/h3-5,8-9H,6-7,10-13H2,1-2H3,(H,17,19). The highest BCUT2D eigenvalue weighted by Crippen LogP contribution is 2.17. The number of carbonyl (C=O) groups excluding carboxylic acids is 1. The van der Waals surface area contributed by atoms with Crippen molar-refractivity contribution in [2.45, 2.75) is 32.3 Å². The summed E-state index contributed by atoms with van der Waals surface area (Å²) >= 11 is 0. The van der Waals surface area contributed by atoms with Crippen LogP contribution in [-0.4, -0.2) is 42.6 Å². The molecule has 1 amide bonds. The molecule has 1 N–H and O–H groups in total. The molecular formula is C16H24N2O2. The molecule has 2 rings (SSSR count). The number of carbonyl (C=O) groups is 1. The van der Waals surface area contributed by atoms with E-state index < -0.39 is 5.60 Å². The number of hydrogen-bond acceptors (Lipinski definition) is 3. The lowest BCUT2D eigenvalue weighted by Gasteiger charge is -2.26. The van der Waals surface area contributed by atoms with Crippen molar-refractivity contribution >= 4 is 5.91 Å². The van der Waals surface area contributed by atoms with Crippen LogP contribution < -0.4 is 10.1 Å². The van der Waals surface area contributed by atoms with E-state index in [1.54, 1.807) is 13.8 Å². The van der Waals surface area contributed by atoms with Crippen LogP contribution in [0.2, 0.25) is 0 Å². The van der Waals surface area contributed by atoms with E-state index in [0.717, 1.165) is 19.6 Å². The smallest absolute Gasteiger partial charge is 0.263 e. The predicted molar refractivity (Wildman–Crippen MR) is 79.8 cm³/mol. The van der Waals surface area contributed by atoms with E-state index in [-0.39, 0.29) is 5.91 Å². The summed E-state index contributed by atoms with van der Waals surface area (Å²) in [6.45, 7) is 7.50. The fraction of sp³-hybridized carbons (Fsp3) is 0.562. The molecule has 1 aliphatic rings. The van der Waals surface area contributed by atoms with Crippen LogP contribution in [0.3, 0.4) is 0 Å². The third-order valence-corrected chi connectivity index (χ3v) is 3.58. The third kappa shape index (κ3) is 4.23. The average Bonchev–Trinajstić information content (AvgIpc) is 2.92. The van der Waals surface area contributed by atoms with Gasteiger partial charge in [-0.3, -0.25) is 4.79 Å². The molecule has 1 fully saturated rings. The number of benzene rings is 1. The lowest BCUT2D eigenvalue weighted by molar-refractivity contribution is -0.134. The molecular weight excluding hydrogens is 252 g/mol. The Morgan fingerprint density at radius 1 is 1.25 bits per heavy atom. The van der Waals surface area contributed by atoms with Gasteiger partial charge in [-0.2, -0.15) is 0 Å². The summed E-state index contributed by atoms with van der Waals surface area (Å²) in [6.07, 6.45) is 2.55. The summed E-state index contributed by atoms with van der Waals surface area (Å²) in [5, 5.41) is 2.96. The molecule has 0 bridgehead atoms. The van der Waals surface area contributed by atoms with Crippen LogP contribution in [0.25, 0.3) is 0 Å². The van der Waals surface area contributed by atoms with Crippen LogP contribution in [0.4, 0.5) is 0 Å². The maximum absolute atomic E-state index is 12.2. The van der Waals surface area contributed by atoms with Gasteiger partial charge in [-0.15, -0.1) is 0 Å². The Bertz CT molecular complexity index is 425. The molecule has 0 atom stereocenters. The minimum Gasteiger partial charge on any atom is -0.478 e. The molecule has 0 aromatic heterocycles. The zero-order chi connectivity index (χ0) is 14.4. The van der Waals surface area contributed by atoms with Crippen molar-refractivity contribution in [3.05, 3.63) is 30.3 Å². The highest BCUT2D eigenvalue weighted by atomic mass is 16.5. The van der Waals surface area contributed by atoms with Gasteiger partial charge in [0.25, 0.3) is 5.91 Å². The molecule has 1 aliphatic heterocycles. The number of hydrogen-bond donors (Lipinski definition) is 1. The topological polar surface area (TPSA) is 41.6 Å². The zero-order valence-corrected chi connectivity index (χ0v) is 12.4. The first-order valence-electron chi connectivity index (χ1n) is 7.33. The summed E-state index contributed by atoms with van der Waals surface area (Å²) in [4.78, 5) is 14.6. The fourth-order valence-corrected chi connectivity index (χ4v) is 2.38. The maximum Gasteiger partial charge on any atom is 0.263 e. The van der Waals surface area contributed by atoms with Crippen molar-refractivity contribution in [1.82, 2.24) is 10.2 Å². The molecule has 0 spiro atoms. The van der Waals surface area contributed by atoms with Crippen LogP contribution in [0.5, 0.6) is 5.75 Å². The number of rotatable bonds is 6. The summed E-state index contributed by atoms with van der Waals surface area (Å²) in [6, 6.07) is 9.45. The van der Waals surface area contributed by atoms with E-state index in [1.807, 2.05) is 30.3 Å². The van der Waals surface area contributed by atoms with Crippen molar-refractivity contribution in [2.75, 3.05) is 26.2 Å². The highest BCUT2D eigenvalue weighted by molar-refractivity contribution is 5.84. The lowest BCUT2D eigenvalue weighted by atomic mass is 10.1. The van der Waals surface area contributed by atoms with E-state index in [4.69, 9.17) is 4.74 Å². The van der Waals surface area contributed by atoms with Crippen LogP contribution in [0, 0.1) is 0 Å². The summed E-state index contributed by atoms with van der Waals surface area (Å²) in [5.74, 6) is 0.646. The number of nitrogens with zero attached hydrogens (tertiary/aromatic N) is 1. The molecule has 1 aromatic rings. The Kier molecular flexibility index (Phi) is 5.01. The number of nitrogens with one attached hydrogen (secondary N) is 1. The average molecular weight is 276 g/mol. The molecule has 4 heteroatoms. The van der Waals surface area contributed by atoms with Crippen molar-refractivity contribution in [3.63, 3.8) is 0 Å². The van der Waals surface area contributed by atoms with Crippen LogP contribution >= 0.6 is 0 Å². The number of para-hydroxylation sites is 1. The quantitative estimate of drug-likeness (QED) is 0.864. The summed E-state index contributed by atoms with van der Waals surface area (Å²) < 4.78 is 5.76. The van der Waals surface area contributed by atoms with Gasteiger partial charge in [-0.25, -0.2) is 0 Å². The molecule has 0 aliphatic carbocycles. The van der Waals surface area contributed by atoms with Crippen LogP contribution in [0.1, 0.15) is 26.7 Å². The molecule has 1 aromatic carbocycles. The third-order valence-electron chi connectivity index (χ3n) is 3.58. The first-order chi connectivity index (χ1) is 9.58. The van der Waals surface area contributed by atoms with Crippen LogP contribution in [-0.2, 0) is 4.79 Å². The van der Waals surface area contributed by atoms with Crippen molar-refractivity contribution in [1.29, 1.82) is 0 Å². The van der Waals surface area contributed by atoms with Gasteiger partial charge < -0.3 is 15.0 Å². The van der Waals surface area contributed by atoms with Gasteiger partial charge in [0, 0.05) is 13.1 Å². The van der Waals surface area contributed by atoms with Gasteiger partial charge >= 0.3 is 0 Å². The zero-order valence-electron chi connectivity index (χ0n) is 12.4. The van der Waals surface area contributed by atoms with E-state index in [9.17, 15) is 4.79 Å². The first kappa shape index (κ1) is 14.9. The SMILES string of the molecule is CC(C)(Oc1ccccc1)C(=O)NCCN1CCCC1. The predicted octanol–water partition coefficient (Wildman–Crippen LogP) is 2.06. The van der Waals surface area contributed by atoms with E-state index in [1.165, 1.54) is 12.8 Å². The number of likely N-dealkylation sites (tertiary alicyclic amines) is 1. The summed E-state index contributed by atoms with van der Waals surface area (Å²) in [5.41, 5.74) is -0.855. The Hall–Kier alpha value is -1.55. The van der Waals surface area contributed by atoms with Gasteiger partial charge in [0.15, 0.2) is 5.60 Å². The van der Waals surface area contributed by atoms with E-state index >= 15 is 0 Å². The minimum absolute atomic E-state index is 0.0689. The maximum atomic E-state index is 12.2. The Morgan fingerprint density at radius 2 is 1.90 bits per heavy atom. The van der Waals surface area contributed by atoms with Crippen molar-refractivity contribution < 1.29 is 9.53 Å². The Labute approximate surface area is 121 Å². The van der Waals surface area contributed by atoms with Gasteiger partial charge in [-0.05, 0) is 51.9 Å². The fourth-order valence-electron chi connectivity index (χ4n) is 2.38. The lowest BCUT2D eigenvalue weighted by Crippen LogP contribution is -2.48. The molecule has 20 heavy (non-hydrogen) atoms. The van der Waals surface area contributed by atoms with Crippen LogP contribution in [0.15, 0.2) is 30.3 Å². The molecule has 1 saturated heterocycles. The first-order valence-corrected chi connectivity index (χ1v) is 7.33. The van der Waals surface area contributed by atoms with Gasteiger partial charge in [0.2, 0.25) is 0 Å². The number of amides is 1. The van der Waals surface area contributed by atoms with E-state index in [0.29, 0.717) is 12.3 Å². The second-order valence-corrected chi connectivity index (χ2v) is 5.73. The Morgan fingerprint density at radius 3 is 2.55 bits per heavy atom. The molecule has 4 nitrogen and oxygen atoms in total. The summed E-state index contributed by atoms with van der Waals surface area (Å²) in [7, 11) is 0. The molecule has 1 heterocycles. The van der Waals surface area contributed by atoms with Crippen molar-refractivity contribution in [3.8, 4) is 5.75 Å². The largest absolute Gasteiger partial charge is 0.478 e.